The summed E-state index contributed by atoms with van der Waals surface area (Å²) < 4.78 is 27.9. The molecule has 0 radical (unpaired) electrons. The second kappa shape index (κ2) is 9.07. The molecule has 0 atom stereocenters. The van der Waals surface area contributed by atoms with Gasteiger partial charge in [0, 0.05) is 37.7 Å². The molecule has 33 heavy (non-hydrogen) atoms. The maximum absolute atomic E-state index is 10.4. The largest absolute Gasteiger partial charge is 0.381 e. The molecule has 2 aromatic heterocycles. The van der Waals surface area contributed by atoms with Crippen molar-refractivity contribution < 1.29 is 13.8 Å². The van der Waals surface area contributed by atoms with E-state index in [0.717, 1.165) is 37.1 Å². The molecule has 1 aromatic carbocycles. The zero-order chi connectivity index (χ0) is 22.8. The first-order valence-electron chi connectivity index (χ1n) is 11.1. The van der Waals surface area contributed by atoms with E-state index in [4.69, 9.17) is 4.74 Å². The number of H-pyrrole nitrogens is 1. The molecular weight excluding hydrogens is 442 g/mol. The molecule has 2 aliphatic rings. The number of fused-ring (bicyclic) bond motifs is 1. The lowest BCUT2D eigenvalue weighted by atomic mass is 10.1. The van der Waals surface area contributed by atoms with Crippen molar-refractivity contribution in [2.75, 3.05) is 40.5 Å². The maximum Gasteiger partial charge on any atom is 0.231 e. The fourth-order valence-electron chi connectivity index (χ4n) is 4.26. The summed E-state index contributed by atoms with van der Waals surface area (Å²) in [6, 6.07) is 9.89. The van der Waals surface area contributed by atoms with Crippen LogP contribution in [0.2, 0.25) is 0 Å². The molecule has 0 aliphatic carbocycles. The van der Waals surface area contributed by atoms with Gasteiger partial charge in [-0.1, -0.05) is 0 Å². The van der Waals surface area contributed by atoms with E-state index >= 15 is 0 Å². The molecule has 0 amide bonds. The maximum atomic E-state index is 10.4. The molecule has 5 rings (SSSR count). The molecule has 2 fully saturated rings. The minimum atomic E-state index is -2.75. The van der Waals surface area contributed by atoms with E-state index in [0.29, 0.717) is 53.9 Å². The van der Waals surface area contributed by atoms with Gasteiger partial charge >= 0.3 is 0 Å². The van der Waals surface area contributed by atoms with Gasteiger partial charge in [0.2, 0.25) is 5.95 Å². The van der Waals surface area contributed by atoms with Gasteiger partial charge in [-0.2, -0.15) is 15.2 Å². The number of rotatable bonds is 5. The standard InChI is InChI=1S/C22H27N7O3S/c23-13-15-14-24-20-19(15)21(25-17-7-10-32-11-8-17)28-22(27-20)26-16-3-5-18(6-4-16)29-9-1-2-12-33(29,30)31/h3-6,14,17,30-31H,1-2,7-12H2,(H3,24,25,26,27,28). The summed E-state index contributed by atoms with van der Waals surface area (Å²) in [5.41, 5.74) is 2.63. The molecule has 0 spiro atoms. The van der Waals surface area contributed by atoms with E-state index in [9.17, 15) is 14.4 Å². The van der Waals surface area contributed by atoms with Crippen LogP contribution in [0.15, 0.2) is 30.5 Å². The van der Waals surface area contributed by atoms with Gasteiger partial charge < -0.3 is 20.4 Å². The Hall–Kier alpha value is -3.04. The lowest BCUT2D eigenvalue weighted by Gasteiger charge is -2.47. The number of aromatic amines is 1. The van der Waals surface area contributed by atoms with Crippen molar-refractivity contribution in [2.45, 2.75) is 31.7 Å². The fraction of sp³-hybridized carbons (Fsp3) is 0.409. The third kappa shape index (κ3) is 4.56. The normalized spacial score (nSPS) is 19.7. The van der Waals surface area contributed by atoms with Gasteiger partial charge in [0.05, 0.1) is 22.4 Å². The first-order chi connectivity index (χ1) is 16.0. The Balaban J connectivity index is 1.40. The molecular formula is C22H27N7O3S. The highest BCUT2D eigenvalue weighted by Crippen LogP contribution is 2.49. The summed E-state index contributed by atoms with van der Waals surface area (Å²) in [6.45, 7) is 2.02. The van der Waals surface area contributed by atoms with Crippen molar-refractivity contribution >= 4 is 45.0 Å². The molecule has 174 valence electrons. The molecule has 3 aromatic rings. The monoisotopic (exact) mass is 469 g/mol. The summed E-state index contributed by atoms with van der Waals surface area (Å²) in [6.07, 6.45) is 5.15. The van der Waals surface area contributed by atoms with E-state index in [1.165, 1.54) is 0 Å². The van der Waals surface area contributed by atoms with Gasteiger partial charge in [-0.25, -0.2) is 0 Å². The Morgan fingerprint density at radius 3 is 2.67 bits per heavy atom. The number of nitriles is 1. The predicted octanol–water partition coefficient (Wildman–Crippen LogP) is 4.43. The van der Waals surface area contributed by atoms with Crippen molar-refractivity contribution in [1.82, 2.24) is 15.0 Å². The number of ether oxygens (including phenoxy) is 1. The second-order valence-corrected chi connectivity index (χ2v) is 10.4. The number of hydrogen-bond donors (Lipinski definition) is 5. The number of anilines is 4. The van der Waals surface area contributed by atoms with Crippen LogP contribution in [0, 0.1) is 11.3 Å². The van der Waals surface area contributed by atoms with Crippen LogP contribution < -0.4 is 14.9 Å². The van der Waals surface area contributed by atoms with Crippen molar-refractivity contribution in [3.8, 4) is 6.07 Å². The Labute approximate surface area is 193 Å². The van der Waals surface area contributed by atoms with E-state index in [2.05, 4.69) is 31.7 Å². The van der Waals surface area contributed by atoms with Crippen LogP contribution in [0.4, 0.5) is 23.1 Å². The summed E-state index contributed by atoms with van der Waals surface area (Å²) >= 11 is 0. The van der Waals surface area contributed by atoms with Gasteiger partial charge in [-0.3, -0.25) is 13.4 Å². The van der Waals surface area contributed by atoms with Crippen LogP contribution in [0.25, 0.3) is 11.0 Å². The van der Waals surface area contributed by atoms with Crippen LogP contribution in [-0.2, 0) is 4.74 Å². The summed E-state index contributed by atoms with van der Waals surface area (Å²) in [5, 5.41) is 16.9. The van der Waals surface area contributed by atoms with E-state index in [-0.39, 0.29) is 6.04 Å². The van der Waals surface area contributed by atoms with E-state index in [1.807, 2.05) is 24.3 Å². The zero-order valence-electron chi connectivity index (χ0n) is 18.1. The van der Waals surface area contributed by atoms with Crippen molar-refractivity contribution in [3.63, 3.8) is 0 Å². The van der Waals surface area contributed by atoms with Gasteiger partial charge in [-0.15, -0.1) is 10.8 Å². The van der Waals surface area contributed by atoms with Gasteiger partial charge in [0.25, 0.3) is 0 Å². The zero-order valence-corrected chi connectivity index (χ0v) is 18.9. The first kappa shape index (κ1) is 21.8. The minimum absolute atomic E-state index is 0.217. The third-order valence-electron chi connectivity index (χ3n) is 6.01. The van der Waals surface area contributed by atoms with Crippen molar-refractivity contribution in [2.24, 2.45) is 0 Å². The number of nitrogens with one attached hydrogen (secondary N) is 3. The number of benzene rings is 1. The van der Waals surface area contributed by atoms with Crippen LogP contribution in [0.3, 0.4) is 0 Å². The lowest BCUT2D eigenvalue weighted by molar-refractivity contribution is 0.0904. The molecule has 2 saturated heterocycles. The SMILES string of the molecule is N#Cc1c[nH]c2nc(Nc3ccc(N4CCCCS4(O)O)cc3)nc(NC3CCOCC3)c12. The number of aromatic nitrogens is 3. The average molecular weight is 470 g/mol. The van der Waals surface area contributed by atoms with Crippen molar-refractivity contribution in [1.29, 1.82) is 5.26 Å². The summed E-state index contributed by atoms with van der Waals surface area (Å²) in [7, 11) is -2.75. The second-order valence-electron chi connectivity index (χ2n) is 8.28. The van der Waals surface area contributed by atoms with Crippen LogP contribution in [0.5, 0.6) is 0 Å². The Morgan fingerprint density at radius 2 is 1.94 bits per heavy atom. The smallest absolute Gasteiger partial charge is 0.231 e. The molecule has 2 aliphatic heterocycles. The molecule has 0 saturated carbocycles. The van der Waals surface area contributed by atoms with Crippen LogP contribution in [0.1, 0.15) is 31.2 Å². The molecule has 5 N–H and O–H groups in total. The number of hydrogen-bond acceptors (Lipinski definition) is 9. The molecule has 4 heterocycles. The minimum Gasteiger partial charge on any atom is -0.381 e. The van der Waals surface area contributed by atoms with Crippen molar-refractivity contribution in [3.05, 3.63) is 36.0 Å². The highest BCUT2D eigenvalue weighted by molar-refractivity contribution is 8.25. The van der Waals surface area contributed by atoms with Gasteiger partial charge in [0.1, 0.15) is 17.5 Å². The quantitative estimate of drug-likeness (QED) is 0.367. The van der Waals surface area contributed by atoms with Gasteiger partial charge in [0.15, 0.2) is 0 Å². The first-order valence-corrected chi connectivity index (χ1v) is 12.7. The van der Waals surface area contributed by atoms with Crippen LogP contribution >= 0.6 is 10.8 Å². The molecule has 11 heteroatoms. The van der Waals surface area contributed by atoms with E-state index in [1.54, 1.807) is 10.5 Å². The highest BCUT2D eigenvalue weighted by atomic mass is 32.3. The molecule has 10 nitrogen and oxygen atoms in total. The molecule has 0 bridgehead atoms. The molecule has 0 unspecified atom stereocenters. The summed E-state index contributed by atoms with van der Waals surface area (Å²) in [5.74, 6) is 1.43. The highest BCUT2D eigenvalue weighted by Gasteiger charge is 2.26. The van der Waals surface area contributed by atoms with Crippen LogP contribution in [-0.4, -0.2) is 55.6 Å². The Morgan fingerprint density at radius 1 is 1.15 bits per heavy atom. The summed E-state index contributed by atoms with van der Waals surface area (Å²) in [4.78, 5) is 12.3. The van der Waals surface area contributed by atoms with Gasteiger partial charge in [-0.05, 0) is 49.9 Å². The predicted molar refractivity (Wildman–Crippen MR) is 130 cm³/mol. The lowest BCUT2D eigenvalue weighted by Crippen LogP contribution is -2.34. The van der Waals surface area contributed by atoms with E-state index < -0.39 is 10.8 Å². The third-order valence-corrected chi connectivity index (χ3v) is 7.94. The Kier molecular flexibility index (Phi) is 5.99. The fourth-order valence-corrected chi connectivity index (χ4v) is 5.96. The Bertz CT molecular complexity index is 1170. The topological polar surface area (TPSA) is 142 Å². The average Bonchev–Trinajstić information content (AvgIpc) is 3.24. The number of nitrogens with zero attached hydrogens (tertiary/aromatic N) is 4.